The maximum atomic E-state index is 11.0. The van der Waals surface area contributed by atoms with Crippen LogP contribution >= 0.6 is 0 Å². The Bertz CT molecular complexity index is 285. The van der Waals surface area contributed by atoms with Crippen LogP contribution in [0.3, 0.4) is 0 Å². The summed E-state index contributed by atoms with van der Waals surface area (Å²) in [7, 11) is 0. The van der Waals surface area contributed by atoms with E-state index in [0.717, 1.165) is 0 Å². The van der Waals surface area contributed by atoms with Crippen LogP contribution in [-0.4, -0.2) is 22.7 Å². The van der Waals surface area contributed by atoms with E-state index in [2.05, 4.69) is 15.8 Å². The molecule has 0 aliphatic rings. The summed E-state index contributed by atoms with van der Waals surface area (Å²) < 4.78 is 4.64. The number of carbonyl (C=O) groups excluding carboxylic acids is 1. The number of nitrogens with zero attached hydrogens (tertiary/aromatic N) is 1. The van der Waals surface area contributed by atoms with Crippen LogP contribution < -0.4 is 0 Å². The topological polar surface area (TPSA) is 59.4 Å². The lowest BCUT2D eigenvalue weighted by molar-refractivity contribution is 0.0522. The molecule has 1 aromatic heterocycles. The molecular formula is C8H8NO3. The fraction of sp³-hybridized carbons (Fsp3) is 0.250. The first-order valence-electron chi connectivity index (χ1n) is 3.48. The molecule has 63 valence electrons. The van der Waals surface area contributed by atoms with Crippen molar-refractivity contribution in [2.75, 3.05) is 6.61 Å². The van der Waals surface area contributed by atoms with Gasteiger partial charge in [0.15, 0.2) is 0 Å². The van der Waals surface area contributed by atoms with Gasteiger partial charge in [-0.25, -0.2) is 9.78 Å². The summed E-state index contributed by atoms with van der Waals surface area (Å²) in [5.41, 5.74) is -0.0284. The maximum Gasteiger partial charge on any atom is 0.344 e. The van der Waals surface area contributed by atoms with Gasteiger partial charge in [0, 0.05) is 12.3 Å². The molecule has 0 aliphatic heterocycles. The molecule has 1 N–H and O–H groups in total. The zero-order valence-electron chi connectivity index (χ0n) is 6.57. The van der Waals surface area contributed by atoms with Crippen LogP contribution in [-0.2, 0) is 4.74 Å². The zero-order valence-corrected chi connectivity index (χ0v) is 6.57. The number of rotatable bonds is 2. The molecule has 4 heteroatoms. The summed E-state index contributed by atoms with van der Waals surface area (Å²) in [6, 6.07) is 3.97. The van der Waals surface area contributed by atoms with Crippen LogP contribution in [0.4, 0.5) is 0 Å². The molecule has 1 aromatic rings. The Morgan fingerprint density at radius 3 is 3.17 bits per heavy atom. The highest BCUT2D eigenvalue weighted by Crippen LogP contribution is 2.11. The predicted octanol–water partition coefficient (Wildman–Crippen LogP) is 0.764. The van der Waals surface area contributed by atoms with Crippen molar-refractivity contribution in [3.8, 4) is 5.88 Å². The first-order chi connectivity index (χ1) is 5.75. The fourth-order valence-corrected chi connectivity index (χ4v) is 0.711. The normalized spacial score (nSPS) is 9.42. The van der Waals surface area contributed by atoms with Gasteiger partial charge in [0.25, 0.3) is 0 Å². The highest BCUT2D eigenvalue weighted by molar-refractivity contribution is 5.91. The van der Waals surface area contributed by atoms with Crippen LogP contribution in [0.2, 0.25) is 0 Å². The molecule has 12 heavy (non-hydrogen) atoms. The molecule has 0 saturated heterocycles. The Hall–Kier alpha value is -1.58. The quantitative estimate of drug-likeness (QED) is 0.659. The summed E-state index contributed by atoms with van der Waals surface area (Å²) >= 11 is 0. The maximum absolute atomic E-state index is 11.0. The second-order valence-corrected chi connectivity index (χ2v) is 2.01. The molecule has 1 rings (SSSR count). The Morgan fingerprint density at radius 1 is 1.83 bits per heavy atom. The van der Waals surface area contributed by atoms with E-state index in [1.54, 1.807) is 6.92 Å². The van der Waals surface area contributed by atoms with E-state index in [1.807, 2.05) is 0 Å². The smallest absolute Gasteiger partial charge is 0.344 e. The van der Waals surface area contributed by atoms with E-state index in [0.29, 0.717) is 0 Å². The zero-order chi connectivity index (χ0) is 8.97. The van der Waals surface area contributed by atoms with Crippen LogP contribution in [0.5, 0.6) is 5.88 Å². The third kappa shape index (κ3) is 1.72. The second kappa shape index (κ2) is 3.71. The van der Waals surface area contributed by atoms with Crippen molar-refractivity contribution in [2.45, 2.75) is 6.92 Å². The number of ether oxygens (including phenoxy) is 1. The molecule has 1 heterocycles. The average Bonchev–Trinajstić information content (AvgIpc) is 2.05. The summed E-state index contributed by atoms with van der Waals surface area (Å²) in [4.78, 5) is 14.5. The van der Waals surface area contributed by atoms with Gasteiger partial charge in [-0.05, 0) is 13.0 Å². The van der Waals surface area contributed by atoms with Gasteiger partial charge in [0.05, 0.1) is 6.61 Å². The molecule has 0 bridgehead atoms. The molecule has 0 unspecified atom stereocenters. The second-order valence-electron chi connectivity index (χ2n) is 2.01. The summed E-state index contributed by atoms with van der Waals surface area (Å²) in [6.45, 7) is 1.95. The third-order valence-corrected chi connectivity index (χ3v) is 1.20. The first-order valence-corrected chi connectivity index (χ1v) is 3.48. The number of aromatic nitrogens is 1. The highest BCUT2D eigenvalue weighted by atomic mass is 16.5. The highest BCUT2D eigenvalue weighted by Gasteiger charge is 2.11. The van der Waals surface area contributed by atoms with E-state index in [9.17, 15) is 4.79 Å². The number of aromatic hydroxyl groups is 1. The molecule has 0 fully saturated rings. The predicted molar refractivity (Wildman–Crippen MR) is 40.7 cm³/mol. The van der Waals surface area contributed by atoms with Crippen molar-refractivity contribution in [1.29, 1.82) is 0 Å². The first kappa shape index (κ1) is 8.52. The molecule has 0 amide bonds. The summed E-state index contributed by atoms with van der Waals surface area (Å²) in [5, 5.41) is 9.06. The van der Waals surface area contributed by atoms with Crippen molar-refractivity contribution >= 4 is 5.97 Å². The lowest BCUT2D eigenvalue weighted by atomic mass is 10.3. The van der Waals surface area contributed by atoms with E-state index < -0.39 is 5.97 Å². The van der Waals surface area contributed by atoms with Gasteiger partial charge in [0.2, 0.25) is 5.88 Å². The standard InChI is InChI=1S/C8H8NO3/c1-2-12-8(11)6-4-3-5-9-7(6)10/h3,5H,2H2,1H3,(H,9,10). The molecule has 0 spiro atoms. The van der Waals surface area contributed by atoms with Crippen molar-refractivity contribution in [3.05, 3.63) is 23.9 Å². The van der Waals surface area contributed by atoms with Crippen LogP contribution in [0.15, 0.2) is 12.3 Å². The Balaban J connectivity index is 2.87. The van der Waals surface area contributed by atoms with Crippen LogP contribution in [0.1, 0.15) is 17.3 Å². The minimum absolute atomic E-state index is 0.0284. The third-order valence-electron chi connectivity index (χ3n) is 1.20. The van der Waals surface area contributed by atoms with Gasteiger partial charge in [-0.3, -0.25) is 0 Å². The van der Waals surface area contributed by atoms with Crippen molar-refractivity contribution in [2.24, 2.45) is 0 Å². The van der Waals surface area contributed by atoms with E-state index in [-0.39, 0.29) is 18.1 Å². The number of hydrogen-bond acceptors (Lipinski definition) is 4. The SMILES string of the molecule is CCOC(=O)c1[c]ccnc1O. The van der Waals surface area contributed by atoms with Gasteiger partial charge in [-0.15, -0.1) is 0 Å². The lowest BCUT2D eigenvalue weighted by Crippen LogP contribution is -2.05. The fourth-order valence-electron chi connectivity index (χ4n) is 0.711. The average molecular weight is 166 g/mol. The minimum atomic E-state index is -0.608. The summed E-state index contributed by atoms with van der Waals surface area (Å²) in [6.07, 6.45) is 1.35. The molecule has 0 saturated carbocycles. The Morgan fingerprint density at radius 2 is 2.58 bits per heavy atom. The van der Waals surface area contributed by atoms with Crippen molar-refractivity contribution < 1.29 is 14.6 Å². The van der Waals surface area contributed by atoms with E-state index >= 15 is 0 Å². The van der Waals surface area contributed by atoms with Gasteiger partial charge in [-0.1, -0.05) is 0 Å². The van der Waals surface area contributed by atoms with Gasteiger partial charge in [-0.2, -0.15) is 0 Å². The molecule has 0 aliphatic carbocycles. The molecular weight excluding hydrogens is 158 g/mol. The number of carbonyl (C=O) groups is 1. The van der Waals surface area contributed by atoms with E-state index in [1.165, 1.54) is 12.3 Å². The molecule has 0 aromatic carbocycles. The number of hydrogen-bond donors (Lipinski definition) is 1. The largest absolute Gasteiger partial charge is 0.493 e. The van der Waals surface area contributed by atoms with Crippen LogP contribution in [0, 0.1) is 6.07 Å². The monoisotopic (exact) mass is 166 g/mol. The Labute approximate surface area is 69.8 Å². The molecule has 0 atom stereocenters. The van der Waals surface area contributed by atoms with E-state index in [4.69, 9.17) is 5.11 Å². The Kier molecular flexibility index (Phi) is 2.63. The lowest BCUT2D eigenvalue weighted by Gasteiger charge is -2.01. The summed E-state index contributed by atoms with van der Waals surface area (Å²) in [5.74, 6) is -0.959. The minimum Gasteiger partial charge on any atom is -0.493 e. The molecule has 4 nitrogen and oxygen atoms in total. The number of esters is 1. The van der Waals surface area contributed by atoms with Gasteiger partial charge in [0.1, 0.15) is 5.56 Å². The van der Waals surface area contributed by atoms with Gasteiger partial charge >= 0.3 is 5.97 Å². The van der Waals surface area contributed by atoms with Crippen LogP contribution in [0.25, 0.3) is 0 Å². The van der Waals surface area contributed by atoms with Crippen molar-refractivity contribution in [3.63, 3.8) is 0 Å². The van der Waals surface area contributed by atoms with Gasteiger partial charge < -0.3 is 9.84 Å². The number of pyridine rings is 1. The molecule has 1 radical (unpaired) electrons. The van der Waals surface area contributed by atoms with Crippen molar-refractivity contribution in [1.82, 2.24) is 4.98 Å².